The number of nitrogens with zero attached hydrogens (tertiary/aromatic N) is 3. The van der Waals surface area contributed by atoms with E-state index in [-0.39, 0.29) is 5.82 Å². The van der Waals surface area contributed by atoms with E-state index in [4.69, 9.17) is 4.98 Å². The normalized spacial score (nSPS) is 23.5. The molecule has 2 atom stereocenters. The zero-order valence-electron chi connectivity index (χ0n) is 14.0. The number of thiazole rings is 1. The number of halogens is 1. The number of anilines is 1. The van der Waals surface area contributed by atoms with Gasteiger partial charge in [-0.25, -0.2) is 14.4 Å². The van der Waals surface area contributed by atoms with Crippen molar-refractivity contribution in [2.24, 2.45) is 0 Å². The van der Waals surface area contributed by atoms with E-state index in [0.29, 0.717) is 17.9 Å². The third-order valence-corrected chi connectivity index (χ3v) is 6.32. The molecule has 0 aromatic carbocycles. The van der Waals surface area contributed by atoms with E-state index in [1.54, 1.807) is 12.3 Å². The zero-order valence-corrected chi connectivity index (χ0v) is 14.8. The van der Waals surface area contributed by atoms with Gasteiger partial charge in [0.15, 0.2) is 11.6 Å². The van der Waals surface area contributed by atoms with Crippen molar-refractivity contribution in [1.29, 1.82) is 0 Å². The number of pyridine rings is 1. The van der Waals surface area contributed by atoms with Crippen LogP contribution in [0.3, 0.4) is 0 Å². The van der Waals surface area contributed by atoms with Crippen LogP contribution in [0.2, 0.25) is 0 Å². The van der Waals surface area contributed by atoms with Gasteiger partial charge in [-0.15, -0.1) is 11.3 Å². The van der Waals surface area contributed by atoms with E-state index in [1.165, 1.54) is 34.5 Å². The van der Waals surface area contributed by atoms with Crippen molar-refractivity contribution in [2.45, 2.75) is 51.1 Å². The molecular weight excluding hydrogens is 323 g/mol. The molecule has 4 nitrogen and oxygen atoms in total. The van der Waals surface area contributed by atoms with Crippen molar-refractivity contribution in [3.63, 3.8) is 0 Å². The Labute approximate surface area is 146 Å². The van der Waals surface area contributed by atoms with E-state index in [1.807, 2.05) is 11.3 Å². The maximum atomic E-state index is 13.9. The minimum Gasteiger partial charge on any atom is -0.353 e. The molecule has 1 fully saturated rings. The van der Waals surface area contributed by atoms with Crippen LogP contribution in [0.1, 0.15) is 47.8 Å². The van der Waals surface area contributed by atoms with Crippen molar-refractivity contribution in [2.75, 3.05) is 18.0 Å². The zero-order chi connectivity index (χ0) is 16.5. The number of aromatic nitrogens is 2. The Balaban J connectivity index is 1.44. The molecule has 3 heterocycles. The molecule has 2 aromatic rings. The fourth-order valence-corrected chi connectivity index (χ4v) is 4.91. The fraction of sp³-hybridized carbons (Fsp3) is 0.556. The molecule has 0 amide bonds. The van der Waals surface area contributed by atoms with E-state index in [2.05, 4.69) is 22.1 Å². The van der Waals surface area contributed by atoms with E-state index >= 15 is 0 Å². The first-order valence-electron chi connectivity index (χ1n) is 8.84. The Morgan fingerprint density at radius 3 is 3.17 bits per heavy atom. The molecule has 0 saturated carbocycles. The molecule has 6 heteroatoms. The van der Waals surface area contributed by atoms with Gasteiger partial charge in [0.05, 0.1) is 10.7 Å². The van der Waals surface area contributed by atoms with E-state index in [9.17, 15) is 4.39 Å². The van der Waals surface area contributed by atoms with Gasteiger partial charge >= 0.3 is 0 Å². The van der Waals surface area contributed by atoms with Crippen LogP contribution in [0.25, 0.3) is 0 Å². The average Bonchev–Trinajstić information content (AvgIpc) is 3.22. The largest absolute Gasteiger partial charge is 0.353 e. The lowest BCUT2D eigenvalue weighted by molar-refractivity contribution is 0.413. The van der Waals surface area contributed by atoms with Gasteiger partial charge in [0, 0.05) is 36.2 Å². The van der Waals surface area contributed by atoms with Crippen LogP contribution in [0, 0.1) is 5.82 Å². The number of fused-ring (bicyclic) bond motifs is 1. The molecule has 0 spiro atoms. The van der Waals surface area contributed by atoms with Gasteiger partial charge in [0.2, 0.25) is 0 Å². The first-order valence-corrected chi connectivity index (χ1v) is 9.66. The Morgan fingerprint density at radius 1 is 1.42 bits per heavy atom. The summed E-state index contributed by atoms with van der Waals surface area (Å²) in [6.07, 6.45) is 7.19. The van der Waals surface area contributed by atoms with Gasteiger partial charge in [0.1, 0.15) is 0 Å². The third-order valence-electron chi connectivity index (χ3n) is 4.96. The van der Waals surface area contributed by atoms with Crippen LogP contribution in [0.5, 0.6) is 0 Å². The van der Waals surface area contributed by atoms with Crippen LogP contribution < -0.4 is 10.2 Å². The van der Waals surface area contributed by atoms with Crippen molar-refractivity contribution in [1.82, 2.24) is 15.3 Å². The van der Waals surface area contributed by atoms with Crippen molar-refractivity contribution >= 4 is 17.2 Å². The summed E-state index contributed by atoms with van der Waals surface area (Å²) in [5, 5.41) is 5.06. The van der Waals surface area contributed by atoms with Crippen LogP contribution >= 0.6 is 11.3 Å². The Kier molecular flexibility index (Phi) is 4.50. The summed E-state index contributed by atoms with van der Waals surface area (Å²) in [6, 6.07) is 3.92. The molecule has 1 aliphatic heterocycles. The van der Waals surface area contributed by atoms with Crippen LogP contribution in [-0.2, 0) is 12.8 Å². The highest BCUT2D eigenvalue weighted by Crippen LogP contribution is 2.35. The maximum absolute atomic E-state index is 13.9. The van der Waals surface area contributed by atoms with Crippen LogP contribution in [0.15, 0.2) is 18.3 Å². The lowest BCUT2D eigenvalue weighted by Crippen LogP contribution is -2.36. The summed E-state index contributed by atoms with van der Waals surface area (Å²) in [4.78, 5) is 12.5. The summed E-state index contributed by atoms with van der Waals surface area (Å²) in [6.45, 7) is 3.84. The van der Waals surface area contributed by atoms with Crippen LogP contribution in [-0.4, -0.2) is 29.1 Å². The number of hydrogen-bond donors (Lipinski definition) is 1. The molecule has 0 unspecified atom stereocenters. The first kappa shape index (κ1) is 16.0. The Morgan fingerprint density at radius 2 is 2.33 bits per heavy atom. The molecule has 2 aliphatic rings. The topological polar surface area (TPSA) is 41.1 Å². The SMILES string of the molecule is CCc1nc2c(s1)[C@@H](N[C@H]1CCN(c3ncccc3F)C1)CCC2. The minimum absolute atomic E-state index is 0.229. The molecule has 0 bridgehead atoms. The molecule has 0 radical (unpaired) electrons. The lowest BCUT2D eigenvalue weighted by Gasteiger charge is -2.26. The number of hydrogen-bond acceptors (Lipinski definition) is 5. The first-order chi connectivity index (χ1) is 11.7. The standard InChI is InChI=1S/C18H23FN4S/c1-2-16-22-15-7-3-6-14(17(15)24-16)21-12-8-10-23(11-12)18-13(19)5-4-9-20-18/h4-5,9,12,14,21H,2-3,6-8,10-11H2,1H3/t12-,14-/m0/s1. The van der Waals surface area contributed by atoms with Crippen LogP contribution in [0.4, 0.5) is 10.2 Å². The Bertz CT molecular complexity index is 717. The fourth-order valence-electron chi connectivity index (χ4n) is 3.76. The summed E-state index contributed by atoms with van der Waals surface area (Å²) in [5.74, 6) is 0.255. The van der Waals surface area contributed by atoms with Gasteiger partial charge in [-0.1, -0.05) is 6.92 Å². The molecule has 128 valence electrons. The highest BCUT2D eigenvalue weighted by Gasteiger charge is 2.30. The molecular formula is C18H23FN4S. The predicted octanol–water partition coefficient (Wildman–Crippen LogP) is 3.49. The molecule has 24 heavy (non-hydrogen) atoms. The van der Waals surface area contributed by atoms with Gasteiger partial charge < -0.3 is 10.2 Å². The lowest BCUT2D eigenvalue weighted by atomic mass is 9.97. The summed E-state index contributed by atoms with van der Waals surface area (Å²) in [5.41, 5.74) is 1.30. The van der Waals surface area contributed by atoms with Gasteiger partial charge in [-0.3, -0.25) is 0 Å². The average molecular weight is 346 g/mol. The highest BCUT2D eigenvalue weighted by molar-refractivity contribution is 7.11. The summed E-state index contributed by atoms with van der Waals surface area (Å²) in [7, 11) is 0. The number of aryl methyl sites for hydroxylation is 2. The second-order valence-corrected chi connectivity index (χ2v) is 7.74. The van der Waals surface area contributed by atoms with Crippen molar-refractivity contribution in [3.05, 3.63) is 39.7 Å². The monoisotopic (exact) mass is 346 g/mol. The summed E-state index contributed by atoms with van der Waals surface area (Å²) >= 11 is 1.87. The van der Waals surface area contributed by atoms with Crippen molar-refractivity contribution in [3.8, 4) is 0 Å². The minimum atomic E-state index is -0.229. The molecule has 2 aromatic heterocycles. The number of rotatable bonds is 4. The molecule has 4 rings (SSSR count). The van der Waals surface area contributed by atoms with Crippen molar-refractivity contribution < 1.29 is 4.39 Å². The summed E-state index contributed by atoms with van der Waals surface area (Å²) < 4.78 is 13.9. The maximum Gasteiger partial charge on any atom is 0.165 e. The molecule has 1 saturated heterocycles. The predicted molar refractivity (Wildman–Crippen MR) is 95.1 cm³/mol. The Hall–Kier alpha value is -1.53. The smallest absolute Gasteiger partial charge is 0.165 e. The highest BCUT2D eigenvalue weighted by atomic mass is 32.1. The molecule has 1 aliphatic carbocycles. The van der Waals surface area contributed by atoms with E-state index < -0.39 is 0 Å². The van der Waals surface area contributed by atoms with Gasteiger partial charge in [0.25, 0.3) is 0 Å². The van der Waals surface area contributed by atoms with E-state index in [0.717, 1.165) is 32.4 Å². The number of nitrogens with one attached hydrogen (secondary N) is 1. The second-order valence-electron chi connectivity index (χ2n) is 6.62. The third kappa shape index (κ3) is 3.05. The second kappa shape index (κ2) is 6.76. The van der Waals surface area contributed by atoms with Gasteiger partial charge in [-0.2, -0.15) is 0 Å². The van der Waals surface area contributed by atoms with Gasteiger partial charge in [-0.05, 0) is 44.2 Å². The quantitative estimate of drug-likeness (QED) is 0.920. The molecule has 1 N–H and O–H groups in total.